The van der Waals surface area contributed by atoms with Gasteiger partial charge >= 0.3 is 0 Å². The summed E-state index contributed by atoms with van der Waals surface area (Å²) >= 11 is 1.85. The van der Waals surface area contributed by atoms with E-state index in [1.54, 1.807) is 0 Å². The molecular formula is C14H23NS. The number of unbranched alkanes of at least 4 members (excludes halogenated alkanes) is 3. The van der Waals surface area contributed by atoms with Crippen molar-refractivity contribution in [3.8, 4) is 0 Å². The molecule has 1 unspecified atom stereocenters. The number of nitrogens with two attached hydrogens (primary N) is 1. The minimum absolute atomic E-state index is 0.237. The summed E-state index contributed by atoms with van der Waals surface area (Å²) in [6, 6.07) is 2.48. The first-order valence-corrected chi connectivity index (χ1v) is 6.90. The van der Waals surface area contributed by atoms with Crippen molar-refractivity contribution in [3.05, 3.63) is 34.0 Å². The molecule has 0 aliphatic carbocycles. The summed E-state index contributed by atoms with van der Waals surface area (Å²) in [4.78, 5) is 2.75. The van der Waals surface area contributed by atoms with Gasteiger partial charge in [-0.2, -0.15) is 0 Å². The van der Waals surface area contributed by atoms with Crippen molar-refractivity contribution in [1.29, 1.82) is 0 Å². The molecule has 0 aliphatic rings. The van der Waals surface area contributed by atoms with Crippen LogP contribution < -0.4 is 5.73 Å². The van der Waals surface area contributed by atoms with E-state index in [9.17, 15) is 0 Å². The number of thiophene rings is 1. The highest BCUT2D eigenvalue weighted by molar-refractivity contribution is 7.12. The highest BCUT2D eigenvalue weighted by atomic mass is 32.1. The minimum atomic E-state index is 0.237. The molecular weight excluding hydrogens is 214 g/mol. The van der Waals surface area contributed by atoms with Crippen molar-refractivity contribution in [2.24, 2.45) is 5.73 Å². The maximum atomic E-state index is 6.18. The van der Waals surface area contributed by atoms with Crippen LogP contribution in [0.2, 0.25) is 0 Å². The fourth-order valence-electron chi connectivity index (χ4n) is 1.76. The Kier molecular flexibility index (Phi) is 5.78. The molecule has 0 aliphatic heterocycles. The Hall–Kier alpha value is -0.600. The topological polar surface area (TPSA) is 26.0 Å². The third-order valence-corrected chi connectivity index (χ3v) is 4.26. The average Bonchev–Trinajstić information content (AvgIpc) is 2.59. The molecule has 1 atom stereocenters. The molecule has 1 nitrogen and oxygen atoms in total. The van der Waals surface area contributed by atoms with Crippen LogP contribution in [0.5, 0.6) is 0 Å². The minimum Gasteiger partial charge on any atom is -0.323 e. The van der Waals surface area contributed by atoms with E-state index in [1.165, 1.54) is 34.6 Å². The summed E-state index contributed by atoms with van der Waals surface area (Å²) < 4.78 is 0. The molecule has 0 spiro atoms. The SMILES string of the molecule is C=CCCCCCC(N)c1cc(C)c(C)s1. The van der Waals surface area contributed by atoms with Gasteiger partial charge in [0, 0.05) is 15.8 Å². The maximum absolute atomic E-state index is 6.18. The van der Waals surface area contributed by atoms with Gasteiger partial charge in [0.2, 0.25) is 0 Å². The van der Waals surface area contributed by atoms with Crippen molar-refractivity contribution < 1.29 is 0 Å². The quantitative estimate of drug-likeness (QED) is 0.548. The summed E-state index contributed by atoms with van der Waals surface area (Å²) in [5.41, 5.74) is 7.56. The van der Waals surface area contributed by atoms with Crippen molar-refractivity contribution in [2.75, 3.05) is 0 Å². The zero-order valence-corrected chi connectivity index (χ0v) is 11.3. The summed E-state index contributed by atoms with van der Waals surface area (Å²) in [5, 5.41) is 0. The molecule has 1 aromatic rings. The molecule has 16 heavy (non-hydrogen) atoms. The predicted octanol–water partition coefficient (Wildman–Crippen LogP) is 4.50. The average molecular weight is 237 g/mol. The Labute approximate surface area is 103 Å². The summed E-state index contributed by atoms with van der Waals surface area (Å²) in [6.45, 7) is 8.06. The Morgan fingerprint density at radius 1 is 1.38 bits per heavy atom. The van der Waals surface area contributed by atoms with E-state index in [2.05, 4.69) is 26.5 Å². The number of hydrogen-bond donors (Lipinski definition) is 1. The number of hydrogen-bond acceptors (Lipinski definition) is 2. The molecule has 2 heteroatoms. The van der Waals surface area contributed by atoms with Crippen LogP contribution in [0, 0.1) is 13.8 Å². The van der Waals surface area contributed by atoms with E-state index in [4.69, 9.17) is 5.73 Å². The summed E-state index contributed by atoms with van der Waals surface area (Å²) in [5.74, 6) is 0. The molecule has 0 amide bonds. The fraction of sp³-hybridized carbons (Fsp3) is 0.571. The lowest BCUT2D eigenvalue weighted by atomic mass is 10.1. The highest BCUT2D eigenvalue weighted by Gasteiger charge is 2.09. The number of aryl methyl sites for hydroxylation is 2. The van der Waals surface area contributed by atoms with Crippen LogP contribution in [0.4, 0.5) is 0 Å². The first kappa shape index (κ1) is 13.5. The van der Waals surface area contributed by atoms with Crippen molar-refractivity contribution in [1.82, 2.24) is 0 Å². The smallest absolute Gasteiger partial charge is 0.0389 e. The second kappa shape index (κ2) is 6.87. The molecule has 0 fully saturated rings. The predicted molar refractivity (Wildman–Crippen MR) is 74.0 cm³/mol. The van der Waals surface area contributed by atoms with E-state index in [-0.39, 0.29) is 6.04 Å². The van der Waals surface area contributed by atoms with E-state index >= 15 is 0 Å². The van der Waals surface area contributed by atoms with E-state index in [0.29, 0.717) is 0 Å². The number of allylic oxidation sites excluding steroid dienone is 1. The van der Waals surface area contributed by atoms with Gasteiger partial charge in [0.1, 0.15) is 0 Å². The summed E-state index contributed by atoms with van der Waals surface area (Å²) in [7, 11) is 0. The normalized spacial score (nSPS) is 12.7. The molecule has 1 heterocycles. The largest absolute Gasteiger partial charge is 0.323 e. The molecule has 0 bridgehead atoms. The third kappa shape index (κ3) is 4.11. The molecule has 0 radical (unpaired) electrons. The lowest BCUT2D eigenvalue weighted by Crippen LogP contribution is -2.08. The monoisotopic (exact) mass is 237 g/mol. The lowest BCUT2D eigenvalue weighted by Gasteiger charge is -2.08. The molecule has 0 saturated carbocycles. The van der Waals surface area contributed by atoms with Crippen LogP contribution in [-0.4, -0.2) is 0 Å². The second-order valence-electron chi connectivity index (χ2n) is 4.42. The third-order valence-electron chi connectivity index (χ3n) is 2.97. The van der Waals surface area contributed by atoms with Gasteiger partial charge in [-0.15, -0.1) is 17.9 Å². The molecule has 2 N–H and O–H groups in total. The van der Waals surface area contributed by atoms with Gasteiger partial charge in [0.05, 0.1) is 0 Å². The van der Waals surface area contributed by atoms with Crippen LogP contribution in [-0.2, 0) is 0 Å². The van der Waals surface area contributed by atoms with Crippen molar-refractivity contribution in [3.63, 3.8) is 0 Å². The van der Waals surface area contributed by atoms with Gasteiger partial charge in [0.25, 0.3) is 0 Å². The standard InChI is InChI=1S/C14H23NS/c1-4-5-6-7-8-9-13(15)14-10-11(2)12(3)16-14/h4,10,13H,1,5-9,15H2,2-3H3. The Balaban J connectivity index is 2.29. The first-order valence-electron chi connectivity index (χ1n) is 6.08. The lowest BCUT2D eigenvalue weighted by molar-refractivity contribution is 0.578. The van der Waals surface area contributed by atoms with Crippen molar-refractivity contribution >= 4 is 11.3 Å². The van der Waals surface area contributed by atoms with Crippen LogP contribution in [0.25, 0.3) is 0 Å². The van der Waals surface area contributed by atoms with Crippen LogP contribution in [0.1, 0.15) is 53.5 Å². The van der Waals surface area contributed by atoms with Gasteiger partial charge in [-0.1, -0.05) is 18.9 Å². The van der Waals surface area contributed by atoms with Gasteiger partial charge in [-0.25, -0.2) is 0 Å². The molecule has 0 saturated heterocycles. The highest BCUT2D eigenvalue weighted by Crippen LogP contribution is 2.27. The van der Waals surface area contributed by atoms with Gasteiger partial charge in [-0.3, -0.25) is 0 Å². The molecule has 0 aromatic carbocycles. The Bertz CT molecular complexity index is 308. The van der Waals surface area contributed by atoms with Crippen LogP contribution >= 0.6 is 11.3 Å². The Morgan fingerprint density at radius 3 is 2.69 bits per heavy atom. The van der Waals surface area contributed by atoms with Crippen LogP contribution in [0.3, 0.4) is 0 Å². The maximum Gasteiger partial charge on any atom is 0.0389 e. The zero-order chi connectivity index (χ0) is 12.0. The van der Waals surface area contributed by atoms with E-state index in [1.807, 2.05) is 17.4 Å². The van der Waals surface area contributed by atoms with E-state index < -0.39 is 0 Å². The fourth-order valence-corrected chi connectivity index (χ4v) is 2.83. The Morgan fingerprint density at radius 2 is 2.12 bits per heavy atom. The van der Waals surface area contributed by atoms with Crippen molar-refractivity contribution in [2.45, 2.75) is 52.0 Å². The molecule has 1 aromatic heterocycles. The van der Waals surface area contributed by atoms with Gasteiger partial charge in [0.15, 0.2) is 0 Å². The first-order chi connectivity index (χ1) is 7.65. The van der Waals surface area contributed by atoms with E-state index in [0.717, 1.165) is 12.8 Å². The molecule has 90 valence electrons. The second-order valence-corrected chi connectivity index (χ2v) is 5.71. The van der Waals surface area contributed by atoms with Gasteiger partial charge in [-0.05, 0) is 44.7 Å². The zero-order valence-electron chi connectivity index (χ0n) is 10.5. The van der Waals surface area contributed by atoms with Gasteiger partial charge < -0.3 is 5.73 Å². The van der Waals surface area contributed by atoms with Crippen LogP contribution in [0.15, 0.2) is 18.7 Å². The summed E-state index contributed by atoms with van der Waals surface area (Å²) in [6.07, 6.45) is 7.97. The molecule has 1 rings (SSSR count). The number of rotatable bonds is 7.